The van der Waals surface area contributed by atoms with E-state index in [9.17, 15) is 0 Å². The van der Waals surface area contributed by atoms with Crippen molar-refractivity contribution < 1.29 is 4.42 Å². The minimum atomic E-state index is 0.0138. The lowest BCUT2D eigenvalue weighted by Crippen LogP contribution is -2.14. The summed E-state index contributed by atoms with van der Waals surface area (Å²) < 4.78 is 6.40. The molecule has 0 spiro atoms. The summed E-state index contributed by atoms with van der Waals surface area (Å²) in [5.74, 6) is 0.857. The zero-order valence-electron chi connectivity index (χ0n) is 9.56. The topological polar surface area (TPSA) is 67.8 Å². The predicted octanol–water partition coefficient (Wildman–Crippen LogP) is 3.01. The second-order valence-corrected chi connectivity index (χ2v) is 4.95. The molecular weight excluding hydrogens is 294 g/mol. The Labute approximate surface area is 112 Å². The van der Waals surface area contributed by atoms with Gasteiger partial charge in [0, 0.05) is 17.5 Å². The number of hydrogen-bond donors (Lipinski definition) is 2. The molecule has 0 bridgehead atoms. The fraction of sp³-hybridized carbons (Fsp3) is 0.154. The van der Waals surface area contributed by atoms with E-state index in [1.165, 1.54) is 0 Å². The molecule has 2 heterocycles. The quantitative estimate of drug-likeness (QED) is 0.781. The molecule has 0 saturated carbocycles. The Balaban J connectivity index is 2.11. The van der Waals surface area contributed by atoms with Gasteiger partial charge in [0.05, 0.1) is 18.4 Å². The first-order valence-electron chi connectivity index (χ1n) is 5.66. The molecule has 1 unspecified atom stereocenters. The number of aromatic amines is 1. The molecular formula is C13H12BrN3O. The number of nitrogens with one attached hydrogen (secondary N) is 1. The molecule has 0 saturated heterocycles. The van der Waals surface area contributed by atoms with E-state index < -0.39 is 0 Å². The van der Waals surface area contributed by atoms with Gasteiger partial charge in [-0.15, -0.1) is 0 Å². The van der Waals surface area contributed by atoms with Crippen LogP contribution < -0.4 is 5.73 Å². The highest BCUT2D eigenvalue weighted by molar-refractivity contribution is 9.10. The Morgan fingerprint density at radius 3 is 2.94 bits per heavy atom. The van der Waals surface area contributed by atoms with Crippen molar-refractivity contribution >= 4 is 26.9 Å². The number of nitrogens with zero attached hydrogens (tertiary/aromatic N) is 1. The average Bonchev–Trinajstić information content (AvgIpc) is 2.98. The lowest BCUT2D eigenvalue weighted by Gasteiger charge is -2.10. The standard InChI is InChI=1S/C13H12BrN3O/c14-12-6-16-13(17-12)9(5-15)10-7-18-11-4-2-1-3-8(10)11/h1-4,6-7,9H,5,15H2,(H,16,17). The van der Waals surface area contributed by atoms with E-state index in [4.69, 9.17) is 10.2 Å². The summed E-state index contributed by atoms with van der Waals surface area (Å²) in [6.45, 7) is 0.476. The van der Waals surface area contributed by atoms with Crippen LogP contribution in [-0.2, 0) is 0 Å². The molecule has 0 amide bonds. The van der Waals surface area contributed by atoms with E-state index in [2.05, 4.69) is 25.9 Å². The minimum Gasteiger partial charge on any atom is -0.464 e. The van der Waals surface area contributed by atoms with Crippen molar-refractivity contribution in [3.63, 3.8) is 0 Å². The first-order valence-corrected chi connectivity index (χ1v) is 6.45. The van der Waals surface area contributed by atoms with E-state index in [0.717, 1.165) is 27.0 Å². The number of nitrogens with two attached hydrogens (primary N) is 1. The molecule has 3 rings (SSSR count). The molecule has 5 heteroatoms. The van der Waals surface area contributed by atoms with Gasteiger partial charge in [-0.2, -0.15) is 0 Å². The van der Waals surface area contributed by atoms with Gasteiger partial charge in [0.15, 0.2) is 0 Å². The van der Waals surface area contributed by atoms with Crippen LogP contribution in [0.2, 0.25) is 0 Å². The molecule has 3 N–H and O–H groups in total. The smallest absolute Gasteiger partial charge is 0.134 e. The molecule has 2 aromatic heterocycles. The highest BCUT2D eigenvalue weighted by Crippen LogP contribution is 2.30. The van der Waals surface area contributed by atoms with Gasteiger partial charge in [0.2, 0.25) is 0 Å². The van der Waals surface area contributed by atoms with Gasteiger partial charge in [-0.25, -0.2) is 4.98 Å². The van der Waals surface area contributed by atoms with Crippen molar-refractivity contribution in [1.82, 2.24) is 9.97 Å². The van der Waals surface area contributed by atoms with Gasteiger partial charge in [0.1, 0.15) is 16.0 Å². The van der Waals surface area contributed by atoms with Crippen LogP contribution in [0, 0.1) is 0 Å². The van der Waals surface area contributed by atoms with Crippen LogP contribution in [0.1, 0.15) is 17.3 Å². The molecule has 0 aliphatic rings. The largest absolute Gasteiger partial charge is 0.464 e. The molecule has 18 heavy (non-hydrogen) atoms. The number of furan rings is 1. The van der Waals surface area contributed by atoms with E-state index in [1.807, 2.05) is 24.3 Å². The van der Waals surface area contributed by atoms with Gasteiger partial charge in [-0.3, -0.25) is 0 Å². The molecule has 0 aliphatic heterocycles. The highest BCUT2D eigenvalue weighted by atomic mass is 79.9. The number of fused-ring (bicyclic) bond motifs is 1. The first-order chi connectivity index (χ1) is 8.79. The van der Waals surface area contributed by atoms with Crippen molar-refractivity contribution in [2.75, 3.05) is 6.54 Å². The van der Waals surface area contributed by atoms with Crippen LogP contribution in [-0.4, -0.2) is 16.5 Å². The Morgan fingerprint density at radius 1 is 1.39 bits per heavy atom. The van der Waals surface area contributed by atoms with Crippen LogP contribution in [0.5, 0.6) is 0 Å². The SMILES string of the molecule is NCC(c1ncc(Br)[nH]1)c1coc2ccccc12. The van der Waals surface area contributed by atoms with Crippen molar-refractivity contribution in [3.05, 3.63) is 52.7 Å². The van der Waals surface area contributed by atoms with E-state index in [0.29, 0.717) is 6.54 Å². The maximum atomic E-state index is 5.88. The summed E-state index contributed by atoms with van der Waals surface area (Å²) in [7, 11) is 0. The van der Waals surface area contributed by atoms with Gasteiger partial charge in [0.25, 0.3) is 0 Å². The number of aromatic nitrogens is 2. The monoisotopic (exact) mass is 305 g/mol. The Hall–Kier alpha value is -1.59. The molecule has 3 aromatic rings. The van der Waals surface area contributed by atoms with Crippen LogP contribution in [0.25, 0.3) is 11.0 Å². The Morgan fingerprint density at radius 2 is 2.22 bits per heavy atom. The highest BCUT2D eigenvalue weighted by Gasteiger charge is 2.20. The van der Waals surface area contributed by atoms with Crippen LogP contribution in [0.3, 0.4) is 0 Å². The lowest BCUT2D eigenvalue weighted by atomic mass is 9.98. The fourth-order valence-corrected chi connectivity index (χ4v) is 2.45. The zero-order valence-corrected chi connectivity index (χ0v) is 11.1. The zero-order chi connectivity index (χ0) is 12.5. The maximum Gasteiger partial charge on any atom is 0.134 e. The van der Waals surface area contributed by atoms with E-state index >= 15 is 0 Å². The number of benzene rings is 1. The van der Waals surface area contributed by atoms with E-state index in [1.54, 1.807) is 12.5 Å². The van der Waals surface area contributed by atoms with Crippen molar-refractivity contribution in [2.24, 2.45) is 5.73 Å². The van der Waals surface area contributed by atoms with Crippen LogP contribution in [0.15, 0.2) is 45.7 Å². The average molecular weight is 306 g/mol. The number of H-pyrrole nitrogens is 1. The summed E-state index contributed by atoms with van der Waals surface area (Å²) >= 11 is 3.36. The summed E-state index contributed by atoms with van der Waals surface area (Å²) in [5, 5.41) is 1.08. The number of rotatable bonds is 3. The van der Waals surface area contributed by atoms with E-state index in [-0.39, 0.29) is 5.92 Å². The third-order valence-corrected chi connectivity index (χ3v) is 3.42. The van der Waals surface area contributed by atoms with Gasteiger partial charge >= 0.3 is 0 Å². The lowest BCUT2D eigenvalue weighted by molar-refractivity contribution is 0.604. The summed E-state index contributed by atoms with van der Waals surface area (Å²) in [4.78, 5) is 7.49. The Bertz CT molecular complexity index is 673. The molecule has 1 aromatic carbocycles. The number of imidazole rings is 1. The maximum absolute atomic E-state index is 5.88. The molecule has 92 valence electrons. The Kier molecular flexibility index (Phi) is 2.93. The van der Waals surface area contributed by atoms with Crippen LogP contribution in [0.4, 0.5) is 0 Å². The normalized spacial score (nSPS) is 13.0. The third kappa shape index (κ3) is 1.85. The van der Waals surface area contributed by atoms with Crippen molar-refractivity contribution in [1.29, 1.82) is 0 Å². The molecule has 0 aliphatic carbocycles. The molecule has 0 fully saturated rings. The van der Waals surface area contributed by atoms with Crippen molar-refractivity contribution in [2.45, 2.75) is 5.92 Å². The van der Waals surface area contributed by atoms with Crippen LogP contribution >= 0.6 is 15.9 Å². The third-order valence-electron chi connectivity index (χ3n) is 3.02. The second kappa shape index (κ2) is 4.59. The summed E-state index contributed by atoms with van der Waals surface area (Å²) in [6, 6.07) is 7.93. The number of halogens is 1. The number of hydrogen-bond acceptors (Lipinski definition) is 3. The predicted molar refractivity (Wildman–Crippen MR) is 73.4 cm³/mol. The minimum absolute atomic E-state index is 0.0138. The van der Waals surface area contributed by atoms with Gasteiger partial charge in [-0.1, -0.05) is 18.2 Å². The van der Waals surface area contributed by atoms with Gasteiger partial charge in [-0.05, 0) is 22.0 Å². The first kappa shape index (κ1) is 11.5. The summed E-state index contributed by atoms with van der Waals surface area (Å²) in [6.07, 6.45) is 3.50. The number of para-hydroxylation sites is 1. The van der Waals surface area contributed by atoms with Gasteiger partial charge < -0.3 is 15.1 Å². The fourth-order valence-electron chi connectivity index (χ4n) is 2.14. The summed E-state index contributed by atoms with van der Waals surface area (Å²) in [5.41, 5.74) is 7.82. The van der Waals surface area contributed by atoms with Crippen molar-refractivity contribution in [3.8, 4) is 0 Å². The molecule has 1 atom stereocenters. The molecule has 0 radical (unpaired) electrons. The molecule has 4 nitrogen and oxygen atoms in total. The second-order valence-electron chi connectivity index (χ2n) is 4.09.